The van der Waals surface area contributed by atoms with Crippen molar-refractivity contribution in [2.24, 2.45) is 0 Å². The molecule has 1 aliphatic heterocycles. The maximum atomic E-state index is 13.4. The van der Waals surface area contributed by atoms with Crippen molar-refractivity contribution in [2.75, 3.05) is 0 Å². The van der Waals surface area contributed by atoms with Crippen molar-refractivity contribution in [3.05, 3.63) is 56.0 Å². The van der Waals surface area contributed by atoms with E-state index in [4.69, 9.17) is 58.0 Å². The van der Waals surface area contributed by atoms with E-state index in [1.807, 2.05) is 0 Å². The van der Waals surface area contributed by atoms with Crippen LogP contribution < -0.4 is 0 Å². The van der Waals surface area contributed by atoms with Crippen LogP contribution in [0.3, 0.4) is 0 Å². The molecule has 0 saturated carbocycles. The molecule has 0 saturated heterocycles. The number of sulfone groups is 1. The van der Waals surface area contributed by atoms with Gasteiger partial charge in [0.05, 0.1) is 33.1 Å². The summed E-state index contributed by atoms with van der Waals surface area (Å²) in [6.07, 6.45) is 0. The number of halogens is 5. The second-order valence-electron chi connectivity index (χ2n) is 7.26. The zero-order chi connectivity index (χ0) is 21.1. The summed E-state index contributed by atoms with van der Waals surface area (Å²) >= 11 is 34.5. The van der Waals surface area contributed by atoms with E-state index in [9.17, 15) is 8.42 Å². The Labute approximate surface area is 199 Å². The summed E-state index contributed by atoms with van der Waals surface area (Å²) in [4.78, 5) is 0.367. The molecule has 2 atom stereocenters. The number of alkyl halides is 1. The van der Waals surface area contributed by atoms with Crippen molar-refractivity contribution in [3.63, 3.8) is 0 Å². The molecule has 2 unspecified atom stereocenters. The number of thioether (sulfide) groups is 2. The summed E-state index contributed by atoms with van der Waals surface area (Å²) < 4.78 is 25.2. The van der Waals surface area contributed by atoms with E-state index >= 15 is 0 Å². The zero-order valence-electron chi connectivity index (χ0n) is 14.9. The lowest BCUT2D eigenvalue weighted by Gasteiger charge is -2.41. The van der Waals surface area contributed by atoms with Crippen molar-refractivity contribution >= 4 is 99.4 Å². The van der Waals surface area contributed by atoms with Crippen LogP contribution in [0, 0.1) is 0 Å². The number of fused-ring (bicyclic) bond motifs is 1. The Morgan fingerprint density at radius 2 is 1.46 bits per heavy atom. The third-order valence-electron chi connectivity index (χ3n) is 4.16. The van der Waals surface area contributed by atoms with Crippen LogP contribution in [-0.4, -0.2) is 19.4 Å². The van der Waals surface area contributed by atoms with E-state index in [-0.39, 0.29) is 24.8 Å². The molecule has 0 N–H and O–H groups in total. The number of rotatable bonds is 3. The first-order valence-electron chi connectivity index (χ1n) is 8.02. The predicted molar refractivity (Wildman–Crippen MR) is 128 cm³/mol. The van der Waals surface area contributed by atoms with Crippen LogP contribution in [0.25, 0.3) is 0 Å². The maximum Gasteiger partial charge on any atom is 0.245 e. The number of hydrogen-bond acceptors (Lipinski definition) is 4. The molecule has 0 fully saturated rings. The summed E-state index contributed by atoms with van der Waals surface area (Å²) in [6.45, 7) is 6.34. The lowest BCUT2D eigenvalue weighted by Crippen LogP contribution is -2.38. The Bertz CT molecular complexity index is 1040. The first kappa shape index (κ1) is 23.4. The Morgan fingerprint density at radius 3 is 2.00 bits per heavy atom. The molecule has 0 aromatic heterocycles. The Kier molecular flexibility index (Phi) is 6.71. The predicted octanol–water partition coefficient (Wildman–Crippen LogP) is 8.38. The van der Waals surface area contributed by atoms with E-state index in [0.29, 0.717) is 9.92 Å². The molecule has 28 heavy (non-hydrogen) atoms. The molecule has 0 aliphatic carbocycles. The van der Waals surface area contributed by atoms with Gasteiger partial charge in [-0.15, -0.1) is 11.8 Å². The fourth-order valence-corrected chi connectivity index (χ4v) is 13.9. The van der Waals surface area contributed by atoms with Gasteiger partial charge < -0.3 is 0 Å². The van der Waals surface area contributed by atoms with Gasteiger partial charge >= 0.3 is 0 Å². The minimum Gasteiger partial charge on any atom is -0.220 e. The van der Waals surface area contributed by atoms with Crippen LogP contribution >= 0.6 is 81.5 Å². The highest BCUT2D eigenvalue weighted by molar-refractivity contribution is 8.34. The van der Waals surface area contributed by atoms with Crippen molar-refractivity contribution in [1.29, 1.82) is 0 Å². The molecule has 1 aliphatic rings. The van der Waals surface area contributed by atoms with E-state index in [1.165, 1.54) is 23.9 Å². The van der Waals surface area contributed by atoms with Crippen molar-refractivity contribution in [1.82, 2.24) is 0 Å². The summed E-state index contributed by atoms with van der Waals surface area (Å²) in [5.41, 5.74) is 0.717. The molecule has 0 bridgehead atoms. The monoisotopic (exact) mass is 550 g/mol. The fraction of sp³-hybridized carbons (Fsp3) is 0.294. The van der Waals surface area contributed by atoms with Crippen LogP contribution in [0.15, 0.2) is 40.1 Å². The molecular formula is C17H15Cl5O2S3Si. The highest BCUT2D eigenvalue weighted by Gasteiger charge is 2.54. The van der Waals surface area contributed by atoms with Crippen LogP contribution in [0.1, 0.15) is 10.4 Å². The molecule has 0 spiro atoms. The first-order chi connectivity index (χ1) is 12.8. The van der Waals surface area contributed by atoms with Crippen molar-refractivity contribution in [2.45, 2.75) is 37.2 Å². The molecule has 1 heterocycles. The molecular weight excluding hydrogens is 538 g/mol. The molecule has 11 heteroatoms. The molecule has 0 amide bonds. The molecule has 2 aromatic rings. The molecule has 2 nitrogen and oxygen atoms in total. The molecule has 0 radical (unpaired) electrons. The summed E-state index contributed by atoms with van der Waals surface area (Å²) in [5, 5.41) is 0.740. The van der Waals surface area contributed by atoms with Crippen molar-refractivity contribution < 1.29 is 8.42 Å². The smallest absolute Gasteiger partial charge is 0.220 e. The Morgan fingerprint density at radius 1 is 0.929 bits per heavy atom. The fourth-order valence-electron chi connectivity index (χ4n) is 2.78. The first-order valence-corrected chi connectivity index (χ1v) is 16.7. The van der Waals surface area contributed by atoms with Crippen LogP contribution in [-0.2, 0) is 9.84 Å². The topological polar surface area (TPSA) is 34.1 Å². The normalized spacial score (nSPS) is 22.8. The average Bonchev–Trinajstić information content (AvgIpc) is 2.63. The van der Waals surface area contributed by atoms with E-state index in [0.717, 1.165) is 17.3 Å². The van der Waals surface area contributed by atoms with Crippen LogP contribution in [0.4, 0.5) is 0 Å². The van der Waals surface area contributed by atoms with Crippen molar-refractivity contribution in [3.8, 4) is 0 Å². The quantitative estimate of drug-likeness (QED) is 0.166. The summed E-state index contributed by atoms with van der Waals surface area (Å²) in [5.74, 6) is 0. The molecule has 2 aromatic carbocycles. The van der Waals surface area contributed by atoms with Gasteiger partial charge in [-0.25, -0.2) is 8.42 Å². The summed E-state index contributed by atoms with van der Waals surface area (Å²) in [7, 11) is -5.93. The van der Waals surface area contributed by atoms with Gasteiger partial charge in [0, 0.05) is 9.77 Å². The minimum absolute atomic E-state index is 0.0944. The number of benzene rings is 2. The standard InChI is InChI=1S/C17H15Cl5O2S3Si/c1-28(2,3)16-10-11(18)12(19)13(20)14(21)15(10)25-17(22,26-16)27(23,24)9-7-5-4-6-8-9/h4-8,16H,1-3H3. The lowest BCUT2D eigenvalue weighted by molar-refractivity contribution is 0.597. The highest BCUT2D eigenvalue weighted by atomic mass is 35.5. The molecule has 152 valence electrons. The average molecular weight is 553 g/mol. The van der Waals surface area contributed by atoms with Gasteiger partial charge in [-0.1, -0.05) is 108 Å². The zero-order valence-corrected chi connectivity index (χ0v) is 22.1. The van der Waals surface area contributed by atoms with Gasteiger partial charge in [0.25, 0.3) is 0 Å². The van der Waals surface area contributed by atoms with Gasteiger partial charge in [-0.2, -0.15) is 0 Å². The minimum atomic E-state index is -3.91. The third-order valence-corrected chi connectivity index (χ3v) is 17.1. The largest absolute Gasteiger partial charge is 0.245 e. The summed E-state index contributed by atoms with van der Waals surface area (Å²) in [6, 6.07) is 8.14. The van der Waals surface area contributed by atoms with Crippen LogP contribution in [0.2, 0.25) is 39.7 Å². The van der Waals surface area contributed by atoms with E-state index < -0.39 is 20.8 Å². The van der Waals surface area contributed by atoms with Gasteiger partial charge in [-0.3, -0.25) is 0 Å². The highest BCUT2D eigenvalue weighted by Crippen LogP contribution is 2.67. The lowest BCUT2D eigenvalue weighted by atomic mass is 10.2. The second-order valence-corrected chi connectivity index (χ2v) is 21.2. The van der Waals surface area contributed by atoms with Gasteiger partial charge in [0.1, 0.15) is 0 Å². The van der Waals surface area contributed by atoms with E-state index in [1.54, 1.807) is 18.2 Å². The Hall–Kier alpha value is 0.757. The third kappa shape index (κ3) is 3.87. The van der Waals surface area contributed by atoms with Gasteiger partial charge in [0.2, 0.25) is 12.7 Å². The molecule has 3 rings (SSSR count). The van der Waals surface area contributed by atoms with Gasteiger partial charge in [-0.05, 0) is 17.7 Å². The number of hydrogen-bond donors (Lipinski definition) is 0. The van der Waals surface area contributed by atoms with E-state index in [2.05, 4.69) is 19.6 Å². The van der Waals surface area contributed by atoms with Gasteiger partial charge in [0.15, 0.2) is 0 Å². The van der Waals surface area contributed by atoms with Crippen LogP contribution in [0.5, 0.6) is 0 Å². The SMILES string of the molecule is C[Si](C)(C)C1SC(Cl)(S(=O)(=O)c2ccccc2)Sc2c(Cl)c(Cl)c(Cl)c(Cl)c21. The Balaban J connectivity index is 2.29. The maximum absolute atomic E-state index is 13.4. The second kappa shape index (κ2) is 8.03.